The van der Waals surface area contributed by atoms with E-state index in [1.807, 2.05) is 91.0 Å². The van der Waals surface area contributed by atoms with E-state index in [-0.39, 0.29) is 28.8 Å². The quantitative estimate of drug-likeness (QED) is 0.0210. The van der Waals surface area contributed by atoms with Crippen LogP contribution in [0.3, 0.4) is 0 Å². The molecule has 2 aliphatic rings. The van der Waals surface area contributed by atoms with Crippen molar-refractivity contribution in [2.75, 3.05) is 30.3 Å². The van der Waals surface area contributed by atoms with E-state index in [2.05, 4.69) is 30.4 Å². The third-order valence-electron chi connectivity index (χ3n) is 9.50. The van der Waals surface area contributed by atoms with Crippen LogP contribution < -0.4 is 16.4 Å². The second-order valence-corrected chi connectivity index (χ2v) is 20.5. The number of oxime groups is 1. The van der Waals surface area contributed by atoms with Crippen molar-refractivity contribution in [2.45, 2.75) is 58.1 Å². The number of hydrogen-bond acceptors (Lipinski definition) is 17. The van der Waals surface area contributed by atoms with Crippen LogP contribution >= 0.6 is 58.2 Å². The minimum atomic E-state index is -1.41. The first-order chi connectivity index (χ1) is 29.8. The number of aromatic nitrogens is 3. The summed E-state index contributed by atoms with van der Waals surface area (Å²) in [7, 11) is 0. The Hall–Kier alpha value is -5.19. The number of ether oxygens (including phenoxy) is 1. The highest BCUT2D eigenvalue weighted by atomic mass is 32.2. The van der Waals surface area contributed by atoms with Crippen molar-refractivity contribution >= 4 is 92.9 Å². The minimum Gasteiger partial charge on any atom is -0.480 e. The van der Waals surface area contributed by atoms with E-state index in [0.717, 1.165) is 51.3 Å². The number of thiazole rings is 1. The standard InChI is InChI=1S/C41H42N8O8S5/c1-39(2,3)55-38(54)43-19-20-58-21-29-35(62-48-46-29)61-40(36(52)53)23-49-33(51)31(34(49)60-24-40)45-32(50)30(28-22-59-37(42)44-28)47-57-56-41(25-13-7-4-8-14-25,26-15-9-5-10-16-26)27-17-11-6-12-18-27/h4-18,22,31,34H,19-21,23-24H2,1-3H3,(H2,42,44)(H,43,54)(H,45,50)(H,52,53)/t31-,34-,40?/m1/s1. The van der Waals surface area contributed by atoms with Gasteiger partial charge in [0.05, 0.1) is 5.69 Å². The Bertz CT molecular complexity index is 2300. The molecule has 5 aromatic rings. The van der Waals surface area contributed by atoms with Crippen molar-refractivity contribution in [3.63, 3.8) is 0 Å². The molecule has 0 bridgehead atoms. The largest absolute Gasteiger partial charge is 0.480 e. The number of alkyl carbamates (subject to hydrolysis) is 1. The van der Waals surface area contributed by atoms with E-state index in [0.29, 0.717) is 28.0 Å². The second-order valence-electron chi connectivity index (χ2n) is 15.0. The van der Waals surface area contributed by atoms with Gasteiger partial charge in [0, 0.05) is 35.7 Å². The fourth-order valence-electron chi connectivity index (χ4n) is 6.62. The van der Waals surface area contributed by atoms with Gasteiger partial charge in [0.15, 0.2) is 16.4 Å². The number of thioether (sulfide) groups is 3. The Morgan fingerprint density at radius 1 is 1.00 bits per heavy atom. The number of nitrogens with one attached hydrogen (secondary N) is 2. The van der Waals surface area contributed by atoms with Crippen LogP contribution in [0.15, 0.2) is 106 Å². The zero-order valence-electron chi connectivity index (χ0n) is 33.6. The van der Waals surface area contributed by atoms with Gasteiger partial charge in [-0.2, -0.15) is 11.8 Å². The molecule has 0 radical (unpaired) electrons. The van der Waals surface area contributed by atoms with Crippen molar-refractivity contribution in [3.05, 3.63) is 124 Å². The number of rotatable bonds is 17. The zero-order valence-corrected chi connectivity index (χ0v) is 37.7. The molecule has 0 saturated carbocycles. The number of aliphatic carboxylic acids is 1. The van der Waals surface area contributed by atoms with Gasteiger partial charge in [-0.25, -0.2) is 14.8 Å². The molecule has 62 heavy (non-hydrogen) atoms. The van der Waals surface area contributed by atoms with Crippen LogP contribution in [0.4, 0.5) is 9.93 Å². The van der Waals surface area contributed by atoms with Crippen LogP contribution in [-0.4, -0.2) is 101 Å². The van der Waals surface area contributed by atoms with Crippen molar-refractivity contribution in [2.24, 2.45) is 5.16 Å². The van der Waals surface area contributed by atoms with Gasteiger partial charge in [0.25, 0.3) is 5.91 Å². The van der Waals surface area contributed by atoms with Gasteiger partial charge in [0.2, 0.25) is 5.91 Å². The van der Waals surface area contributed by atoms with Gasteiger partial charge in [-0.05, 0) is 54.1 Å². The Morgan fingerprint density at radius 3 is 2.19 bits per heavy atom. The first kappa shape index (κ1) is 44.9. The summed E-state index contributed by atoms with van der Waals surface area (Å²) in [5.74, 6) is -1.19. The summed E-state index contributed by atoms with van der Waals surface area (Å²) in [5.41, 5.74) is 6.66. The maximum Gasteiger partial charge on any atom is 0.407 e. The van der Waals surface area contributed by atoms with Gasteiger partial charge >= 0.3 is 12.1 Å². The van der Waals surface area contributed by atoms with Crippen LogP contribution in [0.2, 0.25) is 0 Å². The molecule has 5 N–H and O–H groups in total. The lowest BCUT2D eigenvalue weighted by Gasteiger charge is -2.53. The van der Waals surface area contributed by atoms with Crippen LogP contribution in [0.25, 0.3) is 0 Å². The number of carboxylic acid groups (broad SMARTS) is 1. The molecule has 0 aliphatic carbocycles. The molecule has 16 nitrogen and oxygen atoms in total. The maximum absolute atomic E-state index is 14.1. The molecule has 4 heterocycles. The molecule has 7 rings (SSSR count). The summed E-state index contributed by atoms with van der Waals surface area (Å²) in [6.45, 7) is 5.62. The molecule has 2 aromatic heterocycles. The molecule has 1 unspecified atom stereocenters. The monoisotopic (exact) mass is 934 g/mol. The number of fused-ring (bicyclic) bond motifs is 1. The van der Waals surface area contributed by atoms with Crippen molar-refractivity contribution in [1.82, 2.24) is 30.1 Å². The number of nitrogens with two attached hydrogens (primary N) is 1. The molecule has 2 saturated heterocycles. The van der Waals surface area contributed by atoms with Crippen LogP contribution in [0.5, 0.6) is 0 Å². The normalized spacial score (nSPS) is 18.9. The summed E-state index contributed by atoms with van der Waals surface area (Å²) >= 11 is 6.05. The molecule has 3 aromatic carbocycles. The average molecular weight is 935 g/mol. The van der Waals surface area contributed by atoms with Crippen molar-refractivity contribution in [3.8, 4) is 0 Å². The minimum absolute atomic E-state index is 0.103. The SMILES string of the molecule is CC(C)(C)OC(=O)NCCSCc1nnsc1SC1(C(=O)O)CS[C@@H]2[C@H](NC(=O)C(=NOOC(c3ccccc3)(c3ccccc3)c3ccccc3)c3csc(N)n3)C(=O)N2C1. The number of benzene rings is 3. The summed E-state index contributed by atoms with van der Waals surface area (Å²) < 4.78 is 8.55. The number of nitrogen functional groups attached to an aromatic ring is 1. The van der Waals surface area contributed by atoms with Crippen LogP contribution in [0, 0.1) is 0 Å². The summed E-state index contributed by atoms with van der Waals surface area (Å²) in [5, 5.41) is 25.6. The zero-order chi connectivity index (χ0) is 43.9. The number of nitrogens with zero attached hydrogens (tertiary/aromatic N) is 5. The van der Waals surface area contributed by atoms with Gasteiger partial charge < -0.3 is 31.1 Å². The molecule has 3 atom stereocenters. The van der Waals surface area contributed by atoms with E-state index < -0.39 is 51.2 Å². The second kappa shape index (κ2) is 19.5. The van der Waals surface area contributed by atoms with E-state index in [1.54, 1.807) is 26.2 Å². The molecule has 0 spiro atoms. The Labute approximate surface area is 377 Å². The highest BCUT2D eigenvalue weighted by molar-refractivity contribution is 8.06. The lowest BCUT2D eigenvalue weighted by atomic mass is 9.80. The van der Waals surface area contributed by atoms with E-state index >= 15 is 0 Å². The molecule has 324 valence electrons. The van der Waals surface area contributed by atoms with Crippen LogP contribution in [0.1, 0.15) is 48.8 Å². The summed E-state index contributed by atoms with van der Waals surface area (Å²) in [4.78, 5) is 70.4. The highest BCUT2D eigenvalue weighted by Gasteiger charge is 2.58. The van der Waals surface area contributed by atoms with E-state index in [9.17, 15) is 24.3 Å². The maximum atomic E-state index is 14.1. The predicted molar refractivity (Wildman–Crippen MR) is 241 cm³/mol. The fraction of sp³-hybridized carbons (Fsp3) is 0.317. The number of hydrogen-bond donors (Lipinski definition) is 4. The molecule has 21 heteroatoms. The third kappa shape index (κ3) is 10.0. The lowest BCUT2D eigenvalue weighted by Crippen LogP contribution is -2.74. The Balaban J connectivity index is 1.03. The third-order valence-corrected chi connectivity index (χ3v) is 15.2. The summed E-state index contributed by atoms with van der Waals surface area (Å²) in [6, 6.07) is 27.4. The lowest BCUT2D eigenvalue weighted by molar-refractivity contribution is -0.346. The van der Waals surface area contributed by atoms with Gasteiger partial charge in [-0.1, -0.05) is 107 Å². The van der Waals surface area contributed by atoms with E-state index in [1.165, 1.54) is 28.4 Å². The molecular weight excluding hydrogens is 893 g/mol. The van der Waals surface area contributed by atoms with Gasteiger partial charge in [-0.15, -0.1) is 33.1 Å². The first-order valence-corrected chi connectivity index (χ1v) is 23.8. The molecule has 2 aliphatic heterocycles. The smallest absolute Gasteiger partial charge is 0.407 e. The number of carboxylic acids is 1. The number of amides is 3. The number of carbonyl (C=O) groups excluding carboxylic acids is 3. The fourth-order valence-corrected chi connectivity index (χ4v) is 12.0. The Morgan fingerprint density at radius 2 is 1.63 bits per heavy atom. The molecule has 2 fully saturated rings. The number of anilines is 1. The average Bonchev–Trinajstić information content (AvgIpc) is 3.90. The van der Waals surface area contributed by atoms with E-state index in [4.69, 9.17) is 20.3 Å². The van der Waals surface area contributed by atoms with Crippen molar-refractivity contribution in [1.29, 1.82) is 0 Å². The highest BCUT2D eigenvalue weighted by Crippen LogP contribution is 2.48. The first-order valence-electron chi connectivity index (χ1n) is 19.1. The topological polar surface area (TPSA) is 221 Å². The van der Waals surface area contributed by atoms with Gasteiger partial charge in [0.1, 0.15) is 31.7 Å². The number of β-lactam (4-membered cyclic amide) rings is 1. The molecule has 3 amide bonds. The van der Waals surface area contributed by atoms with Gasteiger partial charge in [-0.3, -0.25) is 14.4 Å². The number of carbonyl (C=O) groups is 4. The van der Waals surface area contributed by atoms with Crippen LogP contribution in [-0.2, 0) is 40.4 Å². The summed E-state index contributed by atoms with van der Waals surface area (Å²) in [6.07, 6.45) is -0.505. The Kier molecular flexibility index (Phi) is 14.1. The van der Waals surface area contributed by atoms with Crippen molar-refractivity contribution < 1.29 is 38.9 Å². The molecular formula is C41H42N8O8S5. The predicted octanol–water partition coefficient (Wildman–Crippen LogP) is 5.99.